The quantitative estimate of drug-likeness (QED) is 0.455. The van der Waals surface area contributed by atoms with Gasteiger partial charge in [-0.3, -0.25) is 4.90 Å². The second-order valence-corrected chi connectivity index (χ2v) is 4.88. The van der Waals surface area contributed by atoms with Crippen molar-refractivity contribution in [1.82, 2.24) is 10.2 Å². The highest BCUT2D eigenvalue weighted by Gasteiger charge is 2.10. The van der Waals surface area contributed by atoms with Crippen molar-refractivity contribution in [2.75, 3.05) is 19.6 Å². The Bertz CT molecular complexity index is 166. The molecule has 0 spiro atoms. The third-order valence-electron chi connectivity index (χ3n) is 2.85. The average Bonchev–Trinajstić information content (AvgIpc) is 2.23. The SMILES string of the molecule is C=CCN(CCC)C(C)CCCNC(C)C. The van der Waals surface area contributed by atoms with Gasteiger partial charge < -0.3 is 5.32 Å². The molecule has 0 saturated heterocycles. The molecule has 0 saturated carbocycles. The third kappa shape index (κ3) is 7.89. The van der Waals surface area contributed by atoms with Gasteiger partial charge in [0, 0.05) is 18.6 Å². The van der Waals surface area contributed by atoms with Crippen LogP contribution >= 0.6 is 0 Å². The Kier molecular flexibility index (Phi) is 9.65. The van der Waals surface area contributed by atoms with Crippen LogP contribution in [0.15, 0.2) is 12.7 Å². The number of nitrogens with zero attached hydrogens (tertiary/aromatic N) is 1. The molecule has 0 aromatic heterocycles. The summed E-state index contributed by atoms with van der Waals surface area (Å²) in [6, 6.07) is 1.28. The molecule has 0 aliphatic heterocycles. The highest BCUT2D eigenvalue weighted by atomic mass is 15.1. The van der Waals surface area contributed by atoms with E-state index >= 15 is 0 Å². The van der Waals surface area contributed by atoms with E-state index in [4.69, 9.17) is 0 Å². The first-order chi connectivity index (χ1) is 7.61. The molecule has 0 aliphatic rings. The molecule has 0 amide bonds. The molecule has 0 fully saturated rings. The van der Waals surface area contributed by atoms with Crippen LogP contribution in [-0.2, 0) is 0 Å². The van der Waals surface area contributed by atoms with Crippen LogP contribution in [0, 0.1) is 0 Å². The molecule has 0 rings (SSSR count). The summed E-state index contributed by atoms with van der Waals surface area (Å²) in [7, 11) is 0. The van der Waals surface area contributed by atoms with Crippen LogP contribution in [0.5, 0.6) is 0 Å². The fourth-order valence-electron chi connectivity index (χ4n) is 1.92. The van der Waals surface area contributed by atoms with E-state index in [1.807, 2.05) is 6.08 Å². The van der Waals surface area contributed by atoms with E-state index in [-0.39, 0.29) is 0 Å². The number of hydrogen-bond donors (Lipinski definition) is 1. The van der Waals surface area contributed by atoms with Crippen LogP contribution in [0.4, 0.5) is 0 Å². The summed E-state index contributed by atoms with van der Waals surface area (Å²) >= 11 is 0. The normalized spacial score (nSPS) is 13.4. The third-order valence-corrected chi connectivity index (χ3v) is 2.85. The Labute approximate surface area is 102 Å². The maximum Gasteiger partial charge on any atom is 0.0163 e. The largest absolute Gasteiger partial charge is 0.315 e. The van der Waals surface area contributed by atoms with Crippen molar-refractivity contribution < 1.29 is 0 Å². The molecular weight excluding hydrogens is 196 g/mol. The molecule has 0 aromatic carbocycles. The average molecular weight is 226 g/mol. The van der Waals surface area contributed by atoms with E-state index in [0.29, 0.717) is 12.1 Å². The van der Waals surface area contributed by atoms with Crippen molar-refractivity contribution in [3.63, 3.8) is 0 Å². The summed E-state index contributed by atoms with van der Waals surface area (Å²) in [5.41, 5.74) is 0. The van der Waals surface area contributed by atoms with Gasteiger partial charge in [-0.1, -0.05) is 26.8 Å². The maximum absolute atomic E-state index is 3.83. The zero-order valence-corrected chi connectivity index (χ0v) is 11.6. The Morgan fingerprint density at radius 3 is 2.50 bits per heavy atom. The molecule has 0 aromatic rings. The zero-order valence-electron chi connectivity index (χ0n) is 11.6. The molecule has 2 heteroatoms. The summed E-state index contributed by atoms with van der Waals surface area (Å²) in [6.07, 6.45) is 5.77. The van der Waals surface area contributed by atoms with Gasteiger partial charge in [-0.2, -0.15) is 0 Å². The topological polar surface area (TPSA) is 15.3 Å². The second kappa shape index (κ2) is 9.86. The highest BCUT2D eigenvalue weighted by Crippen LogP contribution is 2.07. The summed E-state index contributed by atoms with van der Waals surface area (Å²) in [5.74, 6) is 0. The van der Waals surface area contributed by atoms with E-state index in [0.717, 1.165) is 13.1 Å². The van der Waals surface area contributed by atoms with Crippen molar-refractivity contribution in [1.29, 1.82) is 0 Å². The predicted octanol–water partition coefficient (Wildman–Crippen LogP) is 3.05. The van der Waals surface area contributed by atoms with Crippen molar-refractivity contribution in [2.45, 2.75) is 59.0 Å². The molecule has 0 bridgehead atoms. The van der Waals surface area contributed by atoms with E-state index in [1.54, 1.807) is 0 Å². The molecule has 1 atom stereocenters. The van der Waals surface area contributed by atoms with Gasteiger partial charge in [0.1, 0.15) is 0 Å². The summed E-state index contributed by atoms with van der Waals surface area (Å²) in [6.45, 7) is 16.1. The number of hydrogen-bond acceptors (Lipinski definition) is 2. The first-order valence-electron chi connectivity index (χ1n) is 6.70. The molecule has 16 heavy (non-hydrogen) atoms. The van der Waals surface area contributed by atoms with Gasteiger partial charge in [0.05, 0.1) is 0 Å². The van der Waals surface area contributed by atoms with Crippen LogP contribution in [0.2, 0.25) is 0 Å². The van der Waals surface area contributed by atoms with Crippen LogP contribution in [0.25, 0.3) is 0 Å². The smallest absolute Gasteiger partial charge is 0.0163 e. The lowest BCUT2D eigenvalue weighted by Crippen LogP contribution is -2.34. The summed E-state index contributed by atoms with van der Waals surface area (Å²) in [5, 5.41) is 3.47. The Morgan fingerprint density at radius 2 is 2.00 bits per heavy atom. The number of rotatable bonds is 10. The van der Waals surface area contributed by atoms with Crippen LogP contribution < -0.4 is 5.32 Å². The molecule has 1 N–H and O–H groups in total. The molecule has 0 heterocycles. The molecule has 1 unspecified atom stereocenters. The van der Waals surface area contributed by atoms with Gasteiger partial charge in [-0.05, 0) is 39.3 Å². The van der Waals surface area contributed by atoms with E-state index in [1.165, 1.54) is 25.8 Å². The molecule has 96 valence electrons. The van der Waals surface area contributed by atoms with Crippen LogP contribution in [0.3, 0.4) is 0 Å². The first-order valence-corrected chi connectivity index (χ1v) is 6.70. The Hall–Kier alpha value is -0.340. The van der Waals surface area contributed by atoms with Crippen molar-refractivity contribution in [2.24, 2.45) is 0 Å². The summed E-state index contributed by atoms with van der Waals surface area (Å²) < 4.78 is 0. The molecule has 0 aliphatic carbocycles. The minimum Gasteiger partial charge on any atom is -0.315 e. The van der Waals surface area contributed by atoms with Gasteiger partial charge in [0.25, 0.3) is 0 Å². The van der Waals surface area contributed by atoms with Gasteiger partial charge in [0.2, 0.25) is 0 Å². The number of nitrogens with one attached hydrogen (secondary N) is 1. The second-order valence-electron chi connectivity index (χ2n) is 4.88. The van der Waals surface area contributed by atoms with Crippen LogP contribution in [-0.4, -0.2) is 36.6 Å². The Morgan fingerprint density at radius 1 is 1.31 bits per heavy atom. The maximum atomic E-state index is 3.83. The Balaban J connectivity index is 3.72. The molecular formula is C14H30N2. The van der Waals surface area contributed by atoms with Crippen molar-refractivity contribution in [3.8, 4) is 0 Å². The minimum absolute atomic E-state index is 0.607. The lowest BCUT2D eigenvalue weighted by molar-refractivity contribution is 0.218. The van der Waals surface area contributed by atoms with Crippen LogP contribution in [0.1, 0.15) is 47.0 Å². The highest BCUT2D eigenvalue weighted by molar-refractivity contribution is 4.77. The van der Waals surface area contributed by atoms with Gasteiger partial charge in [-0.25, -0.2) is 0 Å². The van der Waals surface area contributed by atoms with Gasteiger partial charge >= 0.3 is 0 Å². The summed E-state index contributed by atoms with van der Waals surface area (Å²) in [4.78, 5) is 2.52. The fourth-order valence-corrected chi connectivity index (χ4v) is 1.92. The standard InChI is InChI=1S/C14H30N2/c1-6-11-16(12-7-2)14(5)9-8-10-15-13(3)4/h6,13-15H,1,7-12H2,2-5H3. The van der Waals surface area contributed by atoms with Gasteiger partial charge in [0.15, 0.2) is 0 Å². The van der Waals surface area contributed by atoms with Crippen molar-refractivity contribution in [3.05, 3.63) is 12.7 Å². The van der Waals surface area contributed by atoms with E-state index in [2.05, 4.69) is 44.5 Å². The predicted molar refractivity (Wildman–Crippen MR) is 73.9 cm³/mol. The monoisotopic (exact) mass is 226 g/mol. The van der Waals surface area contributed by atoms with Crippen molar-refractivity contribution >= 4 is 0 Å². The molecule has 2 nitrogen and oxygen atoms in total. The lowest BCUT2D eigenvalue weighted by Gasteiger charge is -2.27. The lowest BCUT2D eigenvalue weighted by atomic mass is 10.1. The van der Waals surface area contributed by atoms with E-state index < -0.39 is 0 Å². The minimum atomic E-state index is 0.607. The zero-order chi connectivity index (χ0) is 12.4. The molecule has 0 radical (unpaired) electrons. The van der Waals surface area contributed by atoms with Gasteiger partial charge in [-0.15, -0.1) is 6.58 Å². The first kappa shape index (κ1) is 15.7. The fraction of sp³-hybridized carbons (Fsp3) is 0.857. The van der Waals surface area contributed by atoms with E-state index in [9.17, 15) is 0 Å².